The van der Waals surface area contributed by atoms with Crippen molar-refractivity contribution in [1.29, 1.82) is 0 Å². The van der Waals surface area contributed by atoms with Crippen LogP contribution in [0.4, 0.5) is 17.1 Å². The highest BCUT2D eigenvalue weighted by molar-refractivity contribution is 6.31. The van der Waals surface area contributed by atoms with Crippen LogP contribution in [0.1, 0.15) is 17.3 Å². The van der Waals surface area contributed by atoms with Crippen LogP contribution in [-0.4, -0.2) is 43.6 Å². The number of nitro benzene ring substituents is 1. The molecule has 1 heterocycles. The standard InChI is InChI=1S/C19H21ClN4O3/c1-2-22-9-11-23(12-10-22)18-8-5-15(20)13-17(18)21-19(25)14-3-6-16(7-4-14)24(26)27/h3-8,13H,2,9-12H2,1H3,(H,21,25)/p+1. The number of benzene rings is 2. The average Bonchev–Trinajstić information content (AvgIpc) is 2.68. The minimum Gasteiger partial charge on any atom is -0.359 e. The fourth-order valence-corrected chi connectivity index (χ4v) is 3.40. The Hall–Kier alpha value is -2.64. The predicted molar refractivity (Wildman–Crippen MR) is 106 cm³/mol. The number of non-ortho nitro benzene ring substituents is 1. The molecule has 27 heavy (non-hydrogen) atoms. The number of likely N-dealkylation sites (N-methyl/N-ethyl adjacent to an activating group) is 1. The monoisotopic (exact) mass is 389 g/mol. The molecule has 1 amide bonds. The van der Waals surface area contributed by atoms with Gasteiger partial charge in [-0.2, -0.15) is 0 Å². The lowest BCUT2D eigenvalue weighted by Gasteiger charge is -2.34. The molecule has 7 nitrogen and oxygen atoms in total. The molecule has 8 heteroatoms. The van der Waals surface area contributed by atoms with Crippen LogP contribution in [0, 0.1) is 10.1 Å². The minimum atomic E-state index is -0.491. The highest BCUT2D eigenvalue weighted by Gasteiger charge is 2.22. The summed E-state index contributed by atoms with van der Waals surface area (Å²) in [4.78, 5) is 26.7. The van der Waals surface area contributed by atoms with Crippen LogP contribution in [0.25, 0.3) is 0 Å². The fourth-order valence-electron chi connectivity index (χ4n) is 3.23. The fraction of sp³-hybridized carbons (Fsp3) is 0.316. The number of piperazine rings is 1. The van der Waals surface area contributed by atoms with E-state index in [2.05, 4.69) is 17.1 Å². The third kappa shape index (κ3) is 4.56. The Bertz CT molecular complexity index is 833. The van der Waals surface area contributed by atoms with Gasteiger partial charge >= 0.3 is 0 Å². The summed E-state index contributed by atoms with van der Waals surface area (Å²) in [7, 11) is 0. The molecule has 0 atom stereocenters. The number of hydrogen-bond donors (Lipinski definition) is 2. The van der Waals surface area contributed by atoms with E-state index in [-0.39, 0.29) is 11.6 Å². The number of quaternary nitrogens is 1. The lowest BCUT2D eigenvalue weighted by molar-refractivity contribution is -0.898. The van der Waals surface area contributed by atoms with E-state index < -0.39 is 4.92 Å². The maximum Gasteiger partial charge on any atom is 0.269 e. The van der Waals surface area contributed by atoms with E-state index in [0.717, 1.165) is 38.4 Å². The normalized spacial score (nSPS) is 14.8. The van der Waals surface area contributed by atoms with Gasteiger partial charge in [-0.05, 0) is 37.3 Å². The van der Waals surface area contributed by atoms with Gasteiger partial charge in [0.2, 0.25) is 0 Å². The first-order valence-corrected chi connectivity index (χ1v) is 9.29. The van der Waals surface area contributed by atoms with E-state index in [1.54, 1.807) is 11.0 Å². The zero-order valence-corrected chi connectivity index (χ0v) is 15.8. The molecule has 0 aromatic heterocycles. The molecule has 1 saturated heterocycles. The summed E-state index contributed by atoms with van der Waals surface area (Å²) >= 11 is 6.14. The van der Waals surface area contributed by atoms with Crippen molar-refractivity contribution < 1.29 is 14.6 Å². The number of nitrogens with one attached hydrogen (secondary N) is 2. The zero-order chi connectivity index (χ0) is 19.4. The number of hydrogen-bond acceptors (Lipinski definition) is 4. The second-order valence-electron chi connectivity index (χ2n) is 6.51. The molecular formula is C19H22ClN4O3+. The molecule has 2 aromatic rings. The van der Waals surface area contributed by atoms with Gasteiger partial charge in [0.05, 0.1) is 49.0 Å². The van der Waals surface area contributed by atoms with Gasteiger partial charge in [-0.15, -0.1) is 0 Å². The molecule has 0 spiro atoms. The second-order valence-corrected chi connectivity index (χ2v) is 6.95. The number of carbonyl (C=O) groups is 1. The van der Waals surface area contributed by atoms with Gasteiger partial charge in [0.25, 0.3) is 11.6 Å². The van der Waals surface area contributed by atoms with Crippen molar-refractivity contribution in [3.05, 3.63) is 63.2 Å². The summed E-state index contributed by atoms with van der Waals surface area (Å²) in [6, 6.07) is 11.0. The molecule has 0 unspecified atom stereocenters. The SMILES string of the molecule is CC[NH+]1CCN(c2ccc(Cl)cc2NC(=O)c2ccc([N+](=O)[O-])cc2)CC1. The summed E-state index contributed by atoms with van der Waals surface area (Å²) in [5.74, 6) is -0.328. The van der Waals surface area contributed by atoms with Gasteiger partial charge in [0.1, 0.15) is 0 Å². The maximum absolute atomic E-state index is 12.6. The molecule has 3 rings (SSSR count). The third-order valence-electron chi connectivity index (χ3n) is 4.86. The Kier molecular flexibility index (Phi) is 5.93. The van der Waals surface area contributed by atoms with E-state index in [9.17, 15) is 14.9 Å². The molecule has 1 fully saturated rings. The number of amides is 1. The van der Waals surface area contributed by atoms with Crippen molar-refractivity contribution in [2.75, 3.05) is 42.9 Å². The number of rotatable bonds is 5. The Balaban J connectivity index is 1.78. The number of nitro groups is 1. The van der Waals surface area contributed by atoms with E-state index in [1.165, 1.54) is 24.3 Å². The van der Waals surface area contributed by atoms with E-state index in [1.807, 2.05) is 12.1 Å². The highest BCUT2D eigenvalue weighted by Crippen LogP contribution is 2.30. The van der Waals surface area contributed by atoms with Gasteiger partial charge in [0.15, 0.2) is 0 Å². The zero-order valence-electron chi connectivity index (χ0n) is 15.1. The van der Waals surface area contributed by atoms with Gasteiger partial charge in [0, 0.05) is 22.7 Å². The van der Waals surface area contributed by atoms with E-state index in [4.69, 9.17) is 11.6 Å². The number of anilines is 2. The summed E-state index contributed by atoms with van der Waals surface area (Å²) in [6.07, 6.45) is 0. The van der Waals surface area contributed by atoms with Crippen molar-refractivity contribution in [3.63, 3.8) is 0 Å². The number of nitrogens with zero attached hydrogens (tertiary/aromatic N) is 2. The van der Waals surface area contributed by atoms with Crippen molar-refractivity contribution in [2.45, 2.75) is 6.92 Å². The molecular weight excluding hydrogens is 368 g/mol. The highest BCUT2D eigenvalue weighted by atomic mass is 35.5. The van der Waals surface area contributed by atoms with Crippen molar-refractivity contribution >= 4 is 34.6 Å². The van der Waals surface area contributed by atoms with Crippen LogP contribution < -0.4 is 15.1 Å². The predicted octanol–water partition coefficient (Wildman–Crippen LogP) is 2.23. The van der Waals surface area contributed by atoms with Crippen LogP contribution in [-0.2, 0) is 0 Å². The molecule has 2 aromatic carbocycles. The molecule has 2 N–H and O–H groups in total. The minimum absolute atomic E-state index is 0.0497. The van der Waals surface area contributed by atoms with Crippen LogP contribution in [0.5, 0.6) is 0 Å². The Morgan fingerprint density at radius 3 is 2.48 bits per heavy atom. The summed E-state index contributed by atoms with van der Waals surface area (Å²) in [5, 5.41) is 14.2. The topological polar surface area (TPSA) is 79.9 Å². The molecule has 1 aliphatic heterocycles. The maximum atomic E-state index is 12.6. The van der Waals surface area contributed by atoms with Crippen LogP contribution in [0.3, 0.4) is 0 Å². The average molecular weight is 390 g/mol. The Labute approximate surface area is 162 Å². The first-order chi connectivity index (χ1) is 13.0. The smallest absolute Gasteiger partial charge is 0.269 e. The van der Waals surface area contributed by atoms with Crippen LogP contribution in [0.15, 0.2) is 42.5 Å². The van der Waals surface area contributed by atoms with Crippen molar-refractivity contribution in [1.82, 2.24) is 0 Å². The molecule has 0 saturated carbocycles. The molecule has 1 aliphatic rings. The molecule has 142 valence electrons. The molecule has 0 radical (unpaired) electrons. The number of carbonyl (C=O) groups excluding carboxylic acids is 1. The first kappa shape index (κ1) is 19.1. The molecule has 0 bridgehead atoms. The van der Waals surface area contributed by atoms with E-state index in [0.29, 0.717) is 16.3 Å². The van der Waals surface area contributed by atoms with Crippen molar-refractivity contribution in [3.8, 4) is 0 Å². The lowest BCUT2D eigenvalue weighted by Crippen LogP contribution is -3.14. The van der Waals surface area contributed by atoms with E-state index >= 15 is 0 Å². The largest absolute Gasteiger partial charge is 0.359 e. The van der Waals surface area contributed by atoms with Gasteiger partial charge in [-0.1, -0.05) is 11.6 Å². The molecule has 0 aliphatic carbocycles. The second kappa shape index (κ2) is 8.37. The Morgan fingerprint density at radius 2 is 1.89 bits per heavy atom. The van der Waals surface area contributed by atoms with Gasteiger partial charge in [-0.3, -0.25) is 14.9 Å². The summed E-state index contributed by atoms with van der Waals surface area (Å²) in [5.41, 5.74) is 1.88. The quantitative estimate of drug-likeness (QED) is 0.607. The van der Waals surface area contributed by atoms with Gasteiger partial charge < -0.3 is 15.1 Å². The number of halogens is 1. The summed E-state index contributed by atoms with van der Waals surface area (Å²) in [6.45, 7) is 7.21. The van der Waals surface area contributed by atoms with Crippen LogP contribution in [0.2, 0.25) is 5.02 Å². The Morgan fingerprint density at radius 1 is 1.22 bits per heavy atom. The van der Waals surface area contributed by atoms with Gasteiger partial charge in [-0.25, -0.2) is 0 Å². The lowest BCUT2D eigenvalue weighted by atomic mass is 10.1. The summed E-state index contributed by atoms with van der Waals surface area (Å²) < 4.78 is 0. The van der Waals surface area contributed by atoms with Crippen molar-refractivity contribution in [2.24, 2.45) is 0 Å². The van der Waals surface area contributed by atoms with Crippen LogP contribution >= 0.6 is 11.6 Å². The third-order valence-corrected chi connectivity index (χ3v) is 5.09. The first-order valence-electron chi connectivity index (χ1n) is 8.92.